The fourth-order valence-electron chi connectivity index (χ4n) is 3.26. The molecule has 0 aliphatic rings. The zero-order chi connectivity index (χ0) is 24.8. The number of carbonyl (C=O) groups is 2. The predicted octanol–water partition coefficient (Wildman–Crippen LogP) is 4.97. The molecule has 0 saturated heterocycles. The zero-order valence-electron chi connectivity index (χ0n) is 18.6. The average molecular weight is 470 g/mol. The first-order valence-corrected chi connectivity index (χ1v) is 10.5. The van der Waals surface area contributed by atoms with E-state index in [0.717, 1.165) is 11.1 Å². The number of hydrogen-bond acceptors (Lipinski definition) is 6. The van der Waals surface area contributed by atoms with Crippen LogP contribution < -0.4 is 15.2 Å². The number of ether oxygens (including phenoxy) is 2. The standard InChI is InChI=1S/C25H24F2N2O5/c1-14(2)6-22(25(31)32)34-24-21(27)11-20(26)23(29-24)33-19-9-16(13-30)8-18(10-19)17-5-3-4-15(7-17)12-28/h3-5,7-11,13-14,22H,6,12,28H2,1-2H3,(H,31,32)/t22-/m1/s1. The summed E-state index contributed by atoms with van der Waals surface area (Å²) in [5.74, 6) is -4.91. The number of aromatic nitrogens is 1. The maximum atomic E-state index is 14.4. The van der Waals surface area contributed by atoms with Crippen molar-refractivity contribution in [1.82, 2.24) is 4.98 Å². The Kier molecular flexibility index (Phi) is 7.91. The van der Waals surface area contributed by atoms with Crippen LogP contribution in [-0.2, 0) is 11.3 Å². The van der Waals surface area contributed by atoms with Gasteiger partial charge in [-0.1, -0.05) is 32.0 Å². The Labute approximate surface area is 195 Å². The van der Waals surface area contributed by atoms with Crippen molar-refractivity contribution in [2.24, 2.45) is 11.7 Å². The van der Waals surface area contributed by atoms with Gasteiger partial charge < -0.3 is 20.3 Å². The van der Waals surface area contributed by atoms with Crippen LogP contribution in [0.25, 0.3) is 11.1 Å². The van der Waals surface area contributed by atoms with Crippen molar-refractivity contribution in [3.63, 3.8) is 0 Å². The van der Waals surface area contributed by atoms with Gasteiger partial charge in [0.1, 0.15) is 12.0 Å². The largest absolute Gasteiger partial charge is 0.479 e. The average Bonchev–Trinajstić information content (AvgIpc) is 2.81. The molecule has 1 heterocycles. The summed E-state index contributed by atoms with van der Waals surface area (Å²) in [5, 5.41) is 9.35. The Balaban J connectivity index is 1.96. The summed E-state index contributed by atoms with van der Waals surface area (Å²) >= 11 is 0. The van der Waals surface area contributed by atoms with Crippen molar-refractivity contribution in [2.75, 3.05) is 0 Å². The molecule has 0 aliphatic heterocycles. The molecule has 0 spiro atoms. The van der Waals surface area contributed by atoms with Crippen LogP contribution in [0.5, 0.6) is 17.5 Å². The highest BCUT2D eigenvalue weighted by molar-refractivity contribution is 5.80. The van der Waals surface area contributed by atoms with Crippen molar-refractivity contribution >= 4 is 12.3 Å². The monoisotopic (exact) mass is 470 g/mol. The van der Waals surface area contributed by atoms with E-state index in [1.165, 1.54) is 6.07 Å². The maximum Gasteiger partial charge on any atom is 0.344 e. The zero-order valence-corrected chi connectivity index (χ0v) is 18.6. The van der Waals surface area contributed by atoms with Crippen molar-refractivity contribution in [1.29, 1.82) is 0 Å². The number of carboxylic acid groups (broad SMARTS) is 1. The van der Waals surface area contributed by atoms with Gasteiger partial charge in [-0.2, -0.15) is 4.98 Å². The lowest BCUT2D eigenvalue weighted by molar-refractivity contribution is -0.146. The number of aliphatic carboxylic acids is 1. The van der Waals surface area contributed by atoms with Gasteiger partial charge in [0.25, 0.3) is 11.8 Å². The van der Waals surface area contributed by atoms with Crippen LogP contribution in [0.15, 0.2) is 48.5 Å². The van der Waals surface area contributed by atoms with Gasteiger partial charge in [-0.3, -0.25) is 4.79 Å². The fourth-order valence-corrected chi connectivity index (χ4v) is 3.26. The van der Waals surface area contributed by atoms with Gasteiger partial charge in [0.15, 0.2) is 17.7 Å². The predicted molar refractivity (Wildman–Crippen MR) is 121 cm³/mol. The molecular weight excluding hydrogens is 446 g/mol. The van der Waals surface area contributed by atoms with Crippen LogP contribution in [0.4, 0.5) is 8.78 Å². The van der Waals surface area contributed by atoms with Crippen LogP contribution in [0.3, 0.4) is 0 Å². The van der Waals surface area contributed by atoms with E-state index >= 15 is 0 Å². The van der Waals surface area contributed by atoms with Gasteiger partial charge in [0.2, 0.25) is 0 Å². The molecule has 0 aliphatic carbocycles. The van der Waals surface area contributed by atoms with Gasteiger partial charge in [-0.05, 0) is 53.3 Å². The summed E-state index contributed by atoms with van der Waals surface area (Å²) < 4.78 is 39.5. The van der Waals surface area contributed by atoms with Crippen LogP contribution in [-0.4, -0.2) is 28.4 Å². The highest BCUT2D eigenvalue weighted by Crippen LogP contribution is 2.32. The van der Waals surface area contributed by atoms with Gasteiger partial charge in [-0.15, -0.1) is 0 Å². The summed E-state index contributed by atoms with van der Waals surface area (Å²) in [6.45, 7) is 3.89. The Morgan fingerprint density at radius 1 is 1.09 bits per heavy atom. The van der Waals surface area contributed by atoms with Crippen LogP contribution >= 0.6 is 0 Å². The van der Waals surface area contributed by atoms with Gasteiger partial charge >= 0.3 is 5.97 Å². The Morgan fingerprint density at radius 3 is 2.47 bits per heavy atom. The van der Waals surface area contributed by atoms with E-state index in [4.69, 9.17) is 15.2 Å². The third kappa shape index (κ3) is 6.14. The number of aldehydes is 1. The quantitative estimate of drug-likeness (QED) is 0.403. The van der Waals surface area contributed by atoms with Crippen molar-refractivity contribution in [3.8, 4) is 28.6 Å². The third-order valence-corrected chi connectivity index (χ3v) is 4.86. The molecule has 0 unspecified atom stereocenters. The van der Waals surface area contributed by atoms with E-state index in [1.807, 2.05) is 24.3 Å². The van der Waals surface area contributed by atoms with Crippen molar-refractivity contribution in [2.45, 2.75) is 32.9 Å². The molecule has 3 rings (SSSR count). The first kappa shape index (κ1) is 24.8. The normalized spacial score (nSPS) is 11.8. The Hall–Kier alpha value is -3.85. The van der Waals surface area contributed by atoms with Crippen LogP contribution in [0.1, 0.15) is 36.2 Å². The minimum atomic E-state index is -1.37. The molecule has 7 nitrogen and oxygen atoms in total. The molecule has 0 saturated carbocycles. The van der Waals surface area contributed by atoms with Crippen LogP contribution in [0.2, 0.25) is 0 Å². The molecule has 0 radical (unpaired) electrons. The van der Waals surface area contributed by atoms with Gasteiger partial charge in [0, 0.05) is 18.2 Å². The number of pyridine rings is 1. The fraction of sp³-hybridized carbons (Fsp3) is 0.240. The summed E-state index contributed by atoms with van der Waals surface area (Å²) in [7, 11) is 0. The summed E-state index contributed by atoms with van der Waals surface area (Å²) in [5.41, 5.74) is 8.19. The SMILES string of the molecule is CC(C)C[C@@H](Oc1nc(Oc2cc(C=O)cc(-c3cccc(CN)c3)c2)c(F)cc1F)C(=O)O. The van der Waals surface area contributed by atoms with E-state index in [9.17, 15) is 23.5 Å². The number of carbonyl (C=O) groups excluding carboxylic acids is 1. The lowest BCUT2D eigenvalue weighted by Crippen LogP contribution is -2.29. The summed E-state index contributed by atoms with van der Waals surface area (Å²) in [6, 6.07) is 12.4. The number of carboxylic acids is 1. The molecular formula is C25H24F2N2O5. The number of halogens is 2. The molecule has 1 atom stereocenters. The highest BCUT2D eigenvalue weighted by Gasteiger charge is 2.25. The van der Waals surface area contributed by atoms with E-state index in [0.29, 0.717) is 24.5 Å². The number of hydrogen-bond donors (Lipinski definition) is 2. The number of nitrogens with zero attached hydrogens (tertiary/aromatic N) is 1. The Bertz CT molecular complexity index is 1200. The van der Waals surface area contributed by atoms with E-state index < -0.39 is 35.5 Å². The highest BCUT2D eigenvalue weighted by atomic mass is 19.1. The molecule has 9 heteroatoms. The molecule has 1 aromatic heterocycles. The molecule has 34 heavy (non-hydrogen) atoms. The third-order valence-electron chi connectivity index (χ3n) is 4.86. The van der Waals surface area contributed by atoms with Gasteiger partial charge in [0.05, 0.1) is 0 Å². The summed E-state index contributed by atoms with van der Waals surface area (Å²) in [4.78, 5) is 26.6. The smallest absolute Gasteiger partial charge is 0.344 e. The number of nitrogens with two attached hydrogens (primary N) is 1. The van der Waals surface area contributed by atoms with Crippen LogP contribution in [0, 0.1) is 17.6 Å². The first-order chi connectivity index (χ1) is 16.2. The molecule has 0 fully saturated rings. The minimum Gasteiger partial charge on any atom is -0.479 e. The topological polar surface area (TPSA) is 112 Å². The lowest BCUT2D eigenvalue weighted by Gasteiger charge is -2.17. The first-order valence-electron chi connectivity index (χ1n) is 10.5. The van der Waals surface area contributed by atoms with Gasteiger partial charge in [-0.25, -0.2) is 13.6 Å². The van der Waals surface area contributed by atoms with E-state index in [-0.39, 0.29) is 23.7 Å². The van der Waals surface area contributed by atoms with Crippen molar-refractivity contribution in [3.05, 3.63) is 71.3 Å². The van der Waals surface area contributed by atoms with E-state index in [1.54, 1.807) is 26.0 Å². The second-order valence-electron chi connectivity index (χ2n) is 8.05. The molecule has 3 N–H and O–H groups in total. The van der Waals surface area contributed by atoms with Crippen molar-refractivity contribution < 1.29 is 33.0 Å². The molecule has 178 valence electrons. The number of rotatable bonds is 10. The second-order valence-corrected chi connectivity index (χ2v) is 8.05. The maximum absolute atomic E-state index is 14.4. The number of benzene rings is 2. The molecule has 0 amide bonds. The Morgan fingerprint density at radius 2 is 1.82 bits per heavy atom. The molecule has 0 bridgehead atoms. The molecule has 2 aromatic carbocycles. The van der Waals surface area contributed by atoms with E-state index in [2.05, 4.69) is 4.98 Å². The summed E-state index contributed by atoms with van der Waals surface area (Å²) in [6.07, 6.45) is -0.674. The lowest BCUT2D eigenvalue weighted by atomic mass is 10.0. The minimum absolute atomic E-state index is 0.0531. The second kappa shape index (κ2) is 10.8. The molecule has 3 aromatic rings.